The van der Waals surface area contributed by atoms with Crippen LogP contribution >= 0.6 is 0 Å². The van der Waals surface area contributed by atoms with Gasteiger partial charge in [0, 0.05) is 24.9 Å². The highest BCUT2D eigenvalue weighted by atomic mass is 16.5. The molecule has 1 unspecified atom stereocenters. The first-order chi connectivity index (χ1) is 9.56. The smallest absolute Gasteiger partial charge is 0.303 e. The first kappa shape index (κ1) is 14.4. The predicted octanol–water partition coefficient (Wildman–Crippen LogP) is 1.85. The standard InChI is InChI=1S/C15H19NO4/c1-10(2-5-14(17)18)9-16-15(19)12-3-4-13-11(8-12)6-7-20-13/h3-4,8,10H,2,5-7,9H2,1H3,(H,16,19)(H,17,18). The van der Waals surface area contributed by atoms with E-state index >= 15 is 0 Å². The van der Waals surface area contributed by atoms with Crippen molar-refractivity contribution in [2.45, 2.75) is 26.2 Å². The van der Waals surface area contributed by atoms with Gasteiger partial charge in [-0.05, 0) is 36.1 Å². The summed E-state index contributed by atoms with van der Waals surface area (Å²) in [5.41, 5.74) is 1.69. The van der Waals surface area contributed by atoms with Crippen molar-refractivity contribution in [3.05, 3.63) is 29.3 Å². The first-order valence-electron chi connectivity index (χ1n) is 6.82. The molecule has 1 aromatic carbocycles. The van der Waals surface area contributed by atoms with Crippen LogP contribution in [0.3, 0.4) is 0 Å². The largest absolute Gasteiger partial charge is 0.493 e. The van der Waals surface area contributed by atoms with Gasteiger partial charge in [0.2, 0.25) is 0 Å². The van der Waals surface area contributed by atoms with Gasteiger partial charge in [-0.1, -0.05) is 6.92 Å². The van der Waals surface area contributed by atoms with Crippen LogP contribution in [0, 0.1) is 5.92 Å². The maximum atomic E-state index is 12.0. The summed E-state index contributed by atoms with van der Waals surface area (Å²) in [7, 11) is 0. The summed E-state index contributed by atoms with van der Waals surface area (Å²) in [6.45, 7) is 3.09. The molecular formula is C15H19NO4. The molecule has 1 aliphatic rings. The summed E-state index contributed by atoms with van der Waals surface area (Å²) in [5.74, 6) is 0.0767. The average molecular weight is 277 g/mol. The van der Waals surface area contributed by atoms with Crippen molar-refractivity contribution in [3.63, 3.8) is 0 Å². The molecule has 2 N–H and O–H groups in total. The number of ether oxygens (including phenoxy) is 1. The fourth-order valence-electron chi connectivity index (χ4n) is 2.17. The van der Waals surface area contributed by atoms with E-state index in [4.69, 9.17) is 9.84 Å². The number of carboxylic acid groups (broad SMARTS) is 1. The zero-order chi connectivity index (χ0) is 14.5. The SMILES string of the molecule is CC(CCC(=O)O)CNC(=O)c1ccc2c(c1)CCO2. The fourth-order valence-corrected chi connectivity index (χ4v) is 2.17. The number of fused-ring (bicyclic) bond motifs is 1. The Labute approximate surface area is 117 Å². The van der Waals surface area contributed by atoms with Gasteiger partial charge in [-0.3, -0.25) is 9.59 Å². The minimum atomic E-state index is -0.804. The Kier molecular flexibility index (Phi) is 4.61. The van der Waals surface area contributed by atoms with E-state index in [-0.39, 0.29) is 18.2 Å². The summed E-state index contributed by atoms with van der Waals surface area (Å²) in [4.78, 5) is 22.5. The van der Waals surface area contributed by atoms with E-state index in [1.807, 2.05) is 19.1 Å². The van der Waals surface area contributed by atoms with E-state index in [1.54, 1.807) is 6.07 Å². The molecule has 0 bridgehead atoms. The molecule has 0 saturated carbocycles. The molecule has 1 atom stereocenters. The molecule has 2 rings (SSSR count). The molecule has 1 amide bonds. The van der Waals surface area contributed by atoms with Crippen LogP contribution in [0.25, 0.3) is 0 Å². The van der Waals surface area contributed by atoms with Crippen molar-refractivity contribution in [1.29, 1.82) is 0 Å². The van der Waals surface area contributed by atoms with E-state index in [1.165, 1.54) is 0 Å². The van der Waals surface area contributed by atoms with Gasteiger partial charge in [0.15, 0.2) is 0 Å². The molecule has 20 heavy (non-hydrogen) atoms. The Morgan fingerprint density at radius 2 is 2.25 bits per heavy atom. The lowest BCUT2D eigenvalue weighted by Crippen LogP contribution is -2.28. The van der Waals surface area contributed by atoms with Crippen LogP contribution < -0.4 is 10.1 Å². The van der Waals surface area contributed by atoms with Gasteiger partial charge >= 0.3 is 5.97 Å². The topological polar surface area (TPSA) is 75.6 Å². The van der Waals surface area contributed by atoms with E-state index in [9.17, 15) is 9.59 Å². The lowest BCUT2D eigenvalue weighted by Gasteiger charge is -2.12. The van der Waals surface area contributed by atoms with Crippen LogP contribution in [0.5, 0.6) is 5.75 Å². The summed E-state index contributed by atoms with van der Waals surface area (Å²) in [6, 6.07) is 5.44. The number of hydrogen-bond donors (Lipinski definition) is 2. The molecule has 0 saturated heterocycles. The highest BCUT2D eigenvalue weighted by Gasteiger charge is 2.15. The Hall–Kier alpha value is -2.04. The number of rotatable bonds is 6. The zero-order valence-corrected chi connectivity index (χ0v) is 11.5. The van der Waals surface area contributed by atoms with Gasteiger partial charge in [-0.25, -0.2) is 0 Å². The number of carboxylic acids is 1. The van der Waals surface area contributed by atoms with Crippen molar-refractivity contribution in [3.8, 4) is 5.75 Å². The van der Waals surface area contributed by atoms with Gasteiger partial charge < -0.3 is 15.2 Å². The highest BCUT2D eigenvalue weighted by Crippen LogP contribution is 2.25. The number of carbonyl (C=O) groups excluding carboxylic acids is 1. The number of amides is 1. The third-order valence-corrected chi connectivity index (χ3v) is 3.41. The molecule has 5 nitrogen and oxygen atoms in total. The van der Waals surface area contributed by atoms with E-state index in [0.717, 1.165) is 17.7 Å². The third-order valence-electron chi connectivity index (χ3n) is 3.41. The summed E-state index contributed by atoms with van der Waals surface area (Å²) >= 11 is 0. The van der Waals surface area contributed by atoms with Crippen molar-refractivity contribution in [1.82, 2.24) is 5.32 Å². The number of benzene rings is 1. The van der Waals surface area contributed by atoms with Gasteiger partial charge in [0.05, 0.1) is 6.61 Å². The number of nitrogens with one attached hydrogen (secondary N) is 1. The number of carbonyl (C=O) groups is 2. The molecule has 0 aliphatic carbocycles. The number of hydrogen-bond acceptors (Lipinski definition) is 3. The minimum Gasteiger partial charge on any atom is -0.493 e. The average Bonchev–Trinajstić information content (AvgIpc) is 2.89. The lowest BCUT2D eigenvalue weighted by molar-refractivity contribution is -0.137. The van der Waals surface area contributed by atoms with Crippen molar-refractivity contribution in [2.24, 2.45) is 5.92 Å². The molecule has 1 heterocycles. The minimum absolute atomic E-state index is 0.123. The third kappa shape index (κ3) is 3.73. The van der Waals surface area contributed by atoms with Crippen LogP contribution in [-0.4, -0.2) is 30.1 Å². The molecular weight excluding hydrogens is 258 g/mol. The second-order valence-corrected chi connectivity index (χ2v) is 5.17. The normalized spacial score (nSPS) is 14.2. The second-order valence-electron chi connectivity index (χ2n) is 5.17. The van der Waals surface area contributed by atoms with Crippen LogP contribution in [0.2, 0.25) is 0 Å². The van der Waals surface area contributed by atoms with E-state index in [0.29, 0.717) is 25.1 Å². The van der Waals surface area contributed by atoms with Gasteiger partial charge in [0.1, 0.15) is 5.75 Å². The Morgan fingerprint density at radius 3 is 3.00 bits per heavy atom. The van der Waals surface area contributed by atoms with Crippen LogP contribution in [-0.2, 0) is 11.2 Å². The molecule has 0 fully saturated rings. The van der Waals surface area contributed by atoms with Crippen LogP contribution in [0.4, 0.5) is 0 Å². The van der Waals surface area contributed by atoms with Crippen molar-refractivity contribution >= 4 is 11.9 Å². The van der Waals surface area contributed by atoms with Crippen LogP contribution in [0.1, 0.15) is 35.7 Å². The Balaban J connectivity index is 1.84. The van der Waals surface area contributed by atoms with Gasteiger partial charge in [-0.15, -0.1) is 0 Å². The van der Waals surface area contributed by atoms with Gasteiger partial charge in [0.25, 0.3) is 5.91 Å². The van der Waals surface area contributed by atoms with Crippen molar-refractivity contribution in [2.75, 3.05) is 13.2 Å². The molecule has 0 radical (unpaired) electrons. The summed E-state index contributed by atoms with van der Waals surface area (Å²) in [5, 5.41) is 11.4. The van der Waals surface area contributed by atoms with Crippen molar-refractivity contribution < 1.29 is 19.4 Å². The molecule has 0 spiro atoms. The summed E-state index contributed by atoms with van der Waals surface area (Å²) < 4.78 is 5.40. The molecule has 0 aromatic heterocycles. The second kappa shape index (κ2) is 6.41. The van der Waals surface area contributed by atoms with E-state index in [2.05, 4.69) is 5.32 Å². The quantitative estimate of drug-likeness (QED) is 0.832. The van der Waals surface area contributed by atoms with Gasteiger partial charge in [-0.2, -0.15) is 0 Å². The summed E-state index contributed by atoms with van der Waals surface area (Å²) in [6.07, 6.45) is 1.53. The highest BCUT2D eigenvalue weighted by molar-refractivity contribution is 5.94. The predicted molar refractivity (Wildman–Crippen MR) is 74.0 cm³/mol. The first-order valence-corrected chi connectivity index (χ1v) is 6.82. The zero-order valence-electron chi connectivity index (χ0n) is 11.5. The maximum Gasteiger partial charge on any atom is 0.303 e. The van der Waals surface area contributed by atoms with Crippen LogP contribution in [0.15, 0.2) is 18.2 Å². The molecule has 5 heteroatoms. The van der Waals surface area contributed by atoms with E-state index < -0.39 is 5.97 Å². The molecule has 108 valence electrons. The Bertz CT molecular complexity index is 513. The monoisotopic (exact) mass is 277 g/mol. The lowest BCUT2D eigenvalue weighted by atomic mass is 10.0. The molecule has 1 aromatic rings. The molecule has 1 aliphatic heterocycles. The fraction of sp³-hybridized carbons (Fsp3) is 0.467. The number of aliphatic carboxylic acids is 1. The Morgan fingerprint density at radius 1 is 1.45 bits per heavy atom. The maximum absolute atomic E-state index is 12.0.